The van der Waals surface area contributed by atoms with Crippen LogP contribution in [0.25, 0.3) is 11.3 Å². The molecule has 2 saturated heterocycles. The number of halogens is 2. The molecule has 0 N–H and O–H groups in total. The number of hydrogen-bond donors (Lipinski definition) is 0. The highest BCUT2D eigenvalue weighted by Crippen LogP contribution is 2.41. The summed E-state index contributed by atoms with van der Waals surface area (Å²) in [5.41, 5.74) is 0.702. The first kappa shape index (κ1) is 25.4. The third-order valence-electron chi connectivity index (χ3n) is 6.45. The van der Waals surface area contributed by atoms with E-state index in [0.717, 1.165) is 12.0 Å². The molecule has 1 aromatic heterocycles. The number of fused-ring (bicyclic) bond motifs is 2. The Bertz CT molecular complexity index is 1050. The summed E-state index contributed by atoms with van der Waals surface area (Å²) in [5, 5.41) is 0.533. The van der Waals surface area contributed by atoms with Crippen molar-refractivity contribution in [2.24, 2.45) is 0 Å². The smallest absolute Gasteiger partial charge is 0.410 e. The number of anilines is 1. The second-order valence-corrected chi connectivity index (χ2v) is 10.4. The molecule has 2 fully saturated rings. The van der Waals surface area contributed by atoms with Crippen molar-refractivity contribution in [2.75, 3.05) is 25.9 Å². The van der Waals surface area contributed by atoms with Crippen molar-refractivity contribution in [1.29, 1.82) is 0 Å². The third-order valence-corrected chi connectivity index (χ3v) is 6.68. The Labute approximate surface area is 210 Å². The van der Waals surface area contributed by atoms with Gasteiger partial charge in [0.05, 0.1) is 30.2 Å². The van der Waals surface area contributed by atoms with Crippen LogP contribution in [0.15, 0.2) is 30.6 Å². The number of hydrogen-bond acceptors (Lipinski definition) is 7. The van der Waals surface area contributed by atoms with E-state index in [4.69, 9.17) is 25.8 Å². The maximum absolute atomic E-state index is 15.7. The number of carbonyl (C=O) groups is 1. The second-order valence-electron chi connectivity index (χ2n) is 10.00. The van der Waals surface area contributed by atoms with Crippen molar-refractivity contribution in [3.63, 3.8) is 0 Å². The molecule has 190 valence electrons. The van der Waals surface area contributed by atoms with Gasteiger partial charge in [-0.15, -0.1) is 0 Å². The Morgan fingerprint density at radius 3 is 2.69 bits per heavy atom. The Morgan fingerprint density at radius 1 is 1.26 bits per heavy atom. The van der Waals surface area contributed by atoms with Crippen molar-refractivity contribution < 1.29 is 23.4 Å². The summed E-state index contributed by atoms with van der Waals surface area (Å²) in [4.78, 5) is 25.3. The molecule has 0 saturated carbocycles. The quantitative estimate of drug-likeness (QED) is 0.505. The molecular formula is C25H32ClFN4O4. The molecule has 1 amide bonds. The average molecular weight is 507 g/mol. The van der Waals surface area contributed by atoms with Gasteiger partial charge in [-0.25, -0.2) is 14.2 Å². The van der Waals surface area contributed by atoms with E-state index in [1.807, 2.05) is 38.8 Å². The Balaban J connectivity index is 1.50. The van der Waals surface area contributed by atoms with Gasteiger partial charge in [-0.05, 0) is 58.2 Å². The Kier molecular flexibility index (Phi) is 7.38. The molecular weight excluding hydrogens is 475 g/mol. The van der Waals surface area contributed by atoms with Crippen molar-refractivity contribution in [3.05, 3.63) is 35.6 Å². The molecule has 2 aliphatic heterocycles. The van der Waals surface area contributed by atoms with Crippen LogP contribution in [0.3, 0.4) is 0 Å². The molecule has 4 atom stereocenters. The van der Waals surface area contributed by atoms with Gasteiger partial charge in [0.15, 0.2) is 6.79 Å². The molecule has 0 unspecified atom stereocenters. The lowest BCUT2D eigenvalue weighted by Crippen LogP contribution is -2.59. The normalized spacial score (nSPS) is 23.8. The number of methoxy groups -OCH3 is 1. The fraction of sp³-hybridized carbons (Fsp3) is 0.560. The molecule has 8 nitrogen and oxygen atoms in total. The molecule has 2 bridgehead atoms. The Hall–Kier alpha value is -2.65. The zero-order valence-electron chi connectivity index (χ0n) is 20.7. The minimum Gasteiger partial charge on any atom is -0.467 e. The maximum Gasteiger partial charge on any atom is 0.410 e. The van der Waals surface area contributed by atoms with E-state index in [9.17, 15) is 4.79 Å². The average Bonchev–Trinajstić information content (AvgIpc) is 3.16. The summed E-state index contributed by atoms with van der Waals surface area (Å²) in [6.07, 6.45) is 3.49. The largest absolute Gasteiger partial charge is 0.467 e. The molecule has 2 aliphatic rings. The monoisotopic (exact) mass is 506 g/mol. The van der Waals surface area contributed by atoms with Crippen LogP contribution in [0.2, 0.25) is 5.02 Å². The summed E-state index contributed by atoms with van der Waals surface area (Å²) in [6, 6.07) is 4.28. The van der Waals surface area contributed by atoms with Crippen LogP contribution in [0.1, 0.15) is 40.0 Å². The minimum atomic E-state index is -1.22. The first-order valence-corrected chi connectivity index (χ1v) is 12.1. The molecule has 1 aromatic carbocycles. The zero-order valence-corrected chi connectivity index (χ0v) is 21.5. The van der Waals surface area contributed by atoms with Gasteiger partial charge >= 0.3 is 6.09 Å². The highest BCUT2D eigenvalue weighted by molar-refractivity contribution is 6.30. The standard InChI is InChI=1S/C25H32ClFN4O4/c1-25(2,3)35-24(32)31-16-7-9-19(31)23(27)20(11-16)30(4)22-13-28-18(12-29-22)17-8-6-15(26)10-21(17)34-14-33-5/h6,8,10,12-13,16,19-20,23H,7,9,11,14H2,1-5H3/t16-,19+,20-,23+/m1/s1. The van der Waals surface area contributed by atoms with Crippen LogP contribution in [0.4, 0.5) is 15.0 Å². The summed E-state index contributed by atoms with van der Waals surface area (Å²) >= 11 is 6.11. The van der Waals surface area contributed by atoms with Crippen LogP contribution in [-0.4, -0.2) is 71.8 Å². The molecule has 35 heavy (non-hydrogen) atoms. The van der Waals surface area contributed by atoms with Gasteiger partial charge in [0.2, 0.25) is 0 Å². The van der Waals surface area contributed by atoms with Gasteiger partial charge in [0.25, 0.3) is 0 Å². The number of nitrogens with zero attached hydrogens (tertiary/aromatic N) is 4. The number of carbonyl (C=O) groups excluding carboxylic acids is 1. The molecule has 0 aliphatic carbocycles. The van der Waals surface area contributed by atoms with Crippen LogP contribution < -0.4 is 9.64 Å². The maximum atomic E-state index is 15.7. The van der Waals surface area contributed by atoms with E-state index in [1.54, 1.807) is 29.4 Å². The van der Waals surface area contributed by atoms with E-state index in [0.29, 0.717) is 35.1 Å². The topological polar surface area (TPSA) is 77.0 Å². The molecule has 4 rings (SSSR count). The van der Waals surface area contributed by atoms with Crippen LogP contribution in [0, 0.1) is 0 Å². The molecule has 3 heterocycles. The van der Waals surface area contributed by atoms with Gasteiger partial charge in [0, 0.05) is 30.8 Å². The third kappa shape index (κ3) is 5.46. The summed E-state index contributed by atoms with van der Waals surface area (Å²) in [5.74, 6) is 1.09. The first-order valence-electron chi connectivity index (χ1n) is 11.7. The molecule has 0 spiro atoms. The fourth-order valence-electron chi connectivity index (χ4n) is 4.85. The lowest BCUT2D eigenvalue weighted by molar-refractivity contribution is -0.0103. The lowest BCUT2D eigenvalue weighted by atomic mass is 9.94. The fourth-order valence-corrected chi connectivity index (χ4v) is 5.02. The predicted molar refractivity (Wildman–Crippen MR) is 132 cm³/mol. The minimum absolute atomic E-state index is 0.0592. The van der Waals surface area contributed by atoms with Gasteiger partial charge < -0.3 is 19.1 Å². The van der Waals surface area contributed by atoms with Crippen LogP contribution in [-0.2, 0) is 9.47 Å². The highest BCUT2D eigenvalue weighted by atomic mass is 35.5. The number of rotatable bonds is 6. The second kappa shape index (κ2) is 10.1. The number of ether oxygens (including phenoxy) is 3. The lowest BCUT2D eigenvalue weighted by Gasteiger charge is -2.44. The van der Waals surface area contributed by atoms with E-state index in [2.05, 4.69) is 9.97 Å². The van der Waals surface area contributed by atoms with E-state index in [-0.39, 0.29) is 12.8 Å². The SMILES string of the molecule is COCOc1cc(Cl)ccc1-c1cnc(N(C)[C@@H]2C[C@H]3CC[C@@H]([C@@H]2F)N3C(=O)OC(C)(C)C)cn1. The van der Waals surface area contributed by atoms with Gasteiger partial charge in [-0.1, -0.05) is 11.6 Å². The highest BCUT2D eigenvalue weighted by Gasteiger charge is 2.52. The summed E-state index contributed by atoms with van der Waals surface area (Å²) < 4.78 is 31.9. The van der Waals surface area contributed by atoms with Gasteiger partial charge in [-0.3, -0.25) is 9.88 Å². The van der Waals surface area contributed by atoms with E-state index < -0.39 is 29.9 Å². The summed E-state index contributed by atoms with van der Waals surface area (Å²) in [7, 11) is 3.36. The number of amides is 1. The number of benzene rings is 1. The first-order chi connectivity index (χ1) is 16.6. The molecule has 2 aromatic rings. The zero-order chi connectivity index (χ0) is 25.3. The van der Waals surface area contributed by atoms with Crippen molar-refractivity contribution in [3.8, 4) is 17.0 Å². The van der Waals surface area contributed by atoms with E-state index in [1.165, 1.54) is 7.11 Å². The number of alkyl halides is 1. The van der Waals surface area contributed by atoms with Gasteiger partial charge in [-0.2, -0.15) is 0 Å². The predicted octanol–water partition coefficient (Wildman–Crippen LogP) is 5.09. The van der Waals surface area contributed by atoms with Crippen molar-refractivity contribution in [1.82, 2.24) is 14.9 Å². The number of aromatic nitrogens is 2. The number of piperidine rings is 1. The Morgan fingerprint density at radius 2 is 2.03 bits per heavy atom. The van der Waals surface area contributed by atoms with Crippen LogP contribution in [0.5, 0.6) is 5.75 Å². The van der Waals surface area contributed by atoms with Crippen LogP contribution >= 0.6 is 11.6 Å². The molecule has 10 heteroatoms. The summed E-state index contributed by atoms with van der Waals surface area (Å²) in [6.45, 7) is 5.53. The molecule has 0 radical (unpaired) electrons. The van der Waals surface area contributed by atoms with Crippen molar-refractivity contribution in [2.45, 2.75) is 69.9 Å². The van der Waals surface area contributed by atoms with Gasteiger partial charge in [0.1, 0.15) is 23.3 Å². The van der Waals surface area contributed by atoms with E-state index >= 15 is 4.39 Å². The van der Waals surface area contributed by atoms with Crippen molar-refractivity contribution >= 4 is 23.5 Å².